The van der Waals surface area contributed by atoms with E-state index < -0.39 is 13.2 Å². The van der Waals surface area contributed by atoms with Gasteiger partial charge in [-0.25, -0.2) is 0 Å². The van der Waals surface area contributed by atoms with Gasteiger partial charge in [-0.2, -0.15) is 0 Å². The van der Waals surface area contributed by atoms with Crippen molar-refractivity contribution in [1.29, 1.82) is 0 Å². The van der Waals surface area contributed by atoms with Gasteiger partial charge in [0.05, 0.1) is 6.61 Å². The van der Waals surface area contributed by atoms with Crippen LogP contribution in [0.5, 0.6) is 0 Å². The first-order chi connectivity index (χ1) is 11.7. The molecular weight excluding hydrogens is 357 g/mol. The minimum atomic E-state index is -3.51. The van der Waals surface area contributed by atoms with Gasteiger partial charge in [0.1, 0.15) is 0 Å². The highest BCUT2D eigenvalue weighted by Gasteiger charge is 2.36. The molecule has 2 rings (SSSR count). The molecule has 0 saturated heterocycles. The molecule has 25 heavy (non-hydrogen) atoms. The van der Waals surface area contributed by atoms with Crippen molar-refractivity contribution in [2.45, 2.75) is 19.7 Å². The maximum Gasteiger partial charge on any atom is 0.264 e. The van der Waals surface area contributed by atoms with Gasteiger partial charge < -0.3 is 14.5 Å². The molecule has 4 nitrogen and oxygen atoms in total. The first kappa shape index (κ1) is 20.0. The molecule has 0 saturated carbocycles. The molecule has 0 radical (unpaired) electrons. The molecule has 0 unspecified atom stereocenters. The zero-order valence-electron chi connectivity index (χ0n) is 15.0. The van der Waals surface area contributed by atoms with Gasteiger partial charge in [0.25, 0.3) is 7.37 Å². The fourth-order valence-corrected chi connectivity index (χ4v) is 4.68. The normalized spacial score (nSPS) is 15.0. The number of halogens is 1. The summed E-state index contributed by atoms with van der Waals surface area (Å²) in [6.07, 6.45) is 0. The molecule has 2 aromatic carbocycles. The predicted molar refractivity (Wildman–Crippen MR) is 105 cm³/mol. The second kappa shape index (κ2) is 8.37. The molecule has 6 heteroatoms. The average Bonchev–Trinajstić information content (AvgIpc) is 2.59. The highest BCUT2D eigenvalue weighted by molar-refractivity contribution is 7.67. The minimum Gasteiger partial charge on any atom is -0.378 e. The van der Waals surface area contributed by atoms with Gasteiger partial charge in [0.2, 0.25) is 0 Å². The van der Waals surface area contributed by atoms with Crippen molar-refractivity contribution in [2.24, 2.45) is 5.92 Å². The Labute approximate surface area is 154 Å². The minimum absolute atomic E-state index is 0.201. The number of hydrogen-bond donors (Lipinski definition) is 1. The average molecular weight is 382 g/mol. The van der Waals surface area contributed by atoms with Crippen molar-refractivity contribution in [3.8, 4) is 0 Å². The van der Waals surface area contributed by atoms with E-state index in [-0.39, 0.29) is 5.92 Å². The molecule has 0 aliphatic carbocycles. The van der Waals surface area contributed by atoms with E-state index in [2.05, 4.69) is 0 Å². The molecule has 136 valence electrons. The van der Waals surface area contributed by atoms with E-state index in [4.69, 9.17) is 16.1 Å². The third-order valence-electron chi connectivity index (χ3n) is 3.82. The lowest BCUT2D eigenvalue weighted by molar-refractivity contribution is 0.203. The number of rotatable bonds is 7. The summed E-state index contributed by atoms with van der Waals surface area (Å²) < 4.78 is 19.4. The zero-order chi connectivity index (χ0) is 18.6. The molecule has 0 fully saturated rings. The standard InChI is InChI=1S/C19H25ClNO3P/c1-14(2)13-24-25(23,18-11-9-17(10-12-18)21(3)4)19(22)15-5-7-16(20)8-6-15/h5-12,14,19,22H,13H2,1-4H3/t19-,25+/m1/s1. The van der Waals surface area contributed by atoms with Crippen molar-refractivity contribution in [2.75, 3.05) is 25.6 Å². The van der Waals surface area contributed by atoms with Gasteiger partial charge in [0.15, 0.2) is 5.85 Å². The number of benzene rings is 2. The topological polar surface area (TPSA) is 49.8 Å². The molecule has 0 bridgehead atoms. The van der Waals surface area contributed by atoms with Crippen LogP contribution in [0.2, 0.25) is 5.02 Å². The van der Waals surface area contributed by atoms with Gasteiger partial charge in [-0.05, 0) is 47.9 Å². The van der Waals surface area contributed by atoms with Gasteiger partial charge in [-0.15, -0.1) is 0 Å². The first-order valence-electron chi connectivity index (χ1n) is 8.20. The monoisotopic (exact) mass is 381 g/mol. The molecular formula is C19H25ClNO3P. The van der Waals surface area contributed by atoms with Gasteiger partial charge in [-0.3, -0.25) is 4.57 Å². The number of hydrogen-bond acceptors (Lipinski definition) is 4. The summed E-state index contributed by atoms with van der Waals surface area (Å²) >= 11 is 5.91. The number of aliphatic hydroxyl groups is 1. The van der Waals surface area contributed by atoms with Crippen LogP contribution in [0.3, 0.4) is 0 Å². The molecule has 0 spiro atoms. The molecule has 0 amide bonds. The van der Waals surface area contributed by atoms with Gasteiger partial charge in [-0.1, -0.05) is 37.6 Å². The molecule has 0 aliphatic rings. The third kappa shape index (κ3) is 4.86. The zero-order valence-corrected chi connectivity index (χ0v) is 16.7. The van der Waals surface area contributed by atoms with Crippen LogP contribution in [0.4, 0.5) is 5.69 Å². The Hall–Kier alpha value is -1.32. The van der Waals surface area contributed by atoms with Crippen LogP contribution < -0.4 is 10.2 Å². The second-order valence-corrected chi connectivity index (χ2v) is 9.52. The van der Waals surface area contributed by atoms with E-state index >= 15 is 0 Å². The Morgan fingerprint density at radius 2 is 1.64 bits per heavy atom. The van der Waals surface area contributed by atoms with Crippen LogP contribution in [-0.2, 0) is 9.09 Å². The van der Waals surface area contributed by atoms with E-state index in [9.17, 15) is 9.67 Å². The highest BCUT2D eigenvalue weighted by Crippen LogP contribution is 2.58. The fourth-order valence-electron chi connectivity index (χ4n) is 2.34. The fraction of sp³-hybridized carbons (Fsp3) is 0.368. The summed E-state index contributed by atoms with van der Waals surface area (Å²) in [6, 6.07) is 13.9. The van der Waals surface area contributed by atoms with E-state index in [1.807, 2.05) is 45.0 Å². The summed E-state index contributed by atoms with van der Waals surface area (Å²) in [5, 5.41) is 11.9. The lowest BCUT2D eigenvalue weighted by atomic mass is 10.2. The van der Waals surface area contributed by atoms with Crippen LogP contribution in [0.15, 0.2) is 48.5 Å². The van der Waals surface area contributed by atoms with Crippen molar-refractivity contribution in [1.82, 2.24) is 0 Å². The smallest absolute Gasteiger partial charge is 0.264 e. The molecule has 0 heterocycles. The van der Waals surface area contributed by atoms with Crippen LogP contribution in [0.1, 0.15) is 25.3 Å². The Balaban J connectivity index is 2.42. The molecule has 2 aromatic rings. The largest absolute Gasteiger partial charge is 0.378 e. The highest BCUT2D eigenvalue weighted by atomic mass is 35.5. The Kier molecular flexibility index (Phi) is 6.70. The third-order valence-corrected chi connectivity index (χ3v) is 6.56. The second-order valence-electron chi connectivity index (χ2n) is 6.62. The Bertz CT molecular complexity index is 729. The first-order valence-corrected chi connectivity index (χ1v) is 10.3. The van der Waals surface area contributed by atoms with Crippen molar-refractivity contribution in [3.05, 3.63) is 59.1 Å². The van der Waals surface area contributed by atoms with Crippen LogP contribution in [0, 0.1) is 5.92 Å². The quantitative estimate of drug-likeness (QED) is 0.708. The van der Waals surface area contributed by atoms with Crippen molar-refractivity contribution < 1.29 is 14.2 Å². The number of anilines is 1. The number of nitrogens with zero attached hydrogens (tertiary/aromatic N) is 1. The Morgan fingerprint density at radius 1 is 1.08 bits per heavy atom. The SMILES string of the molecule is CC(C)CO[P@@](=O)(c1ccc(N(C)C)cc1)[C@@H](O)c1ccc(Cl)cc1. The van der Waals surface area contributed by atoms with E-state index in [1.165, 1.54) is 0 Å². The molecule has 1 N–H and O–H groups in total. The summed E-state index contributed by atoms with van der Waals surface area (Å²) in [4.78, 5) is 1.96. The van der Waals surface area contributed by atoms with Crippen LogP contribution in [-0.4, -0.2) is 25.8 Å². The lowest BCUT2D eigenvalue weighted by Gasteiger charge is -2.26. The number of aliphatic hydroxyl groups excluding tert-OH is 1. The van der Waals surface area contributed by atoms with Crippen LogP contribution in [0.25, 0.3) is 0 Å². The van der Waals surface area contributed by atoms with E-state index in [0.29, 0.717) is 22.5 Å². The van der Waals surface area contributed by atoms with Crippen molar-refractivity contribution >= 4 is 30.0 Å². The molecule has 2 atom stereocenters. The van der Waals surface area contributed by atoms with E-state index in [0.717, 1.165) is 5.69 Å². The van der Waals surface area contributed by atoms with Crippen LogP contribution >= 0.6 is 19.0 Å². The molecule has 0 aromatic heterocycles. The van der Waals surface area contributed by atoms with Gasteiger partial charge in [0, 0.05) is 30.1 Å². The lowest BCUT2D eigenvalue weighted by Crippen LogP contribution is -2.17. The summed E-state index contributed by atoms with van der Waals surface area (Å²) in [5.41, 5.74) is 1.51. The van der Waals surface area contributed by atoms with E-state index in [1.54, 1.807) is 36.4 Å². The summed E-state index contributed by atoms with van der Waals surface area (Å²) in [5.74, 6) is -1.04. The summed E-state index contributed by atoms with van der Waals surface area (Å²) in [7, 11) is 0.364. The van der Waals surface area contributed by atoms with Crippen molar-refractivity contribution in [3.63, 3.8) is 0 Å². The predicted octanol–water partition coefficient (Wildman–Crippen LogP) is 4.67. The maximum atomic E-state index is 13.7. The van der Waals surface area contributed by atoms with Gasteiger partial charge >= 0.3 is 0 Å². The Morgan fingerprint density at radius 3 is 2.12 bits per heavy atom. The maximum absolute atomic E-state index is 13.7. The summed E-state index contributed by atoms with van der Waals surface area (Å²) in [6.45, 7) is 4.26. The molecule has 0 aliphatic heterocycles.